The van der Waals surface area contributed by atoms with Crippen molar-refractivity contribution in [2.75, 3.05) is 0 Å². The van der Waals surface area contributed by atoms with Crippen LogP contribution in [-0.4, -0.2) is 3.81 Å². The van der Waals surface area contributed by atoms with Crippen molar-refractivity contribution in [3.63, 3.8) is 0 Å². The van der Waals surface area contributed by atoms with Crippen LogP contribution >= 0.6 is 0 Å². The predicted octanol–water partition coefficient (Wildman–Crippen LogP) is 2.96. The second kappa shape index (κ2) is 10.8. The molecular weight excluding hydrogens is 503 g/mol. The Morgan fingerprint density at radius 2 is 1.23 bits per heavy atom. The Balaban J connectivity index is 0.00000171. The number of rotatable bonds is 2. The summed E-state index contributed by atoms with van der Waals surface area (Å²) < 4.78 is 4.39. The Morgan fingerprint density at radius 3 is 1.66 bits per heavy atom. The smallest absolute Gasteiger partial charge is 1.00 e. The Hall–Kier alpha value is -0.916. The van der Waals surface area contributed by atoms with Crippen molar-refractivity contribution in [3.05, 3.63) is 80.8 Å². The second-order valence-corrected chi connectivity index (χ2v) is 16.7. The first kappa shape index (κ1) is 28.7. The summed E-state index contributed by atoms with van der Waals surface area (Å²) in [7, 11) is 0. The molecule has 0 radical (unpaired) electrons. The summed E-state index contributed by atoms with van der Waals surface area (Å²) in [6.07, 6.45) is 15.4. The predicted molar refractivity (Wildman–Crippen MR) is 141 cm³/mol. The van der Waals surface area contributed by atoms with Crippen molar-refractivity contribution in [2.45, 2.75) is 95.1 Å². The minimum Gasteiger partial charge on any atom is -1.00 e. The fourth-order valence-corrected chi connectivity index (χ4v) is 12.0. The van der Waals surface area contributed by atoms with Crippen LogP contribution in [0, 0.1) is 0 Å². The molecular formula is C32H40Cl2Ti. The van der Waals surface area contributed by atoms with Gasteiger partial charge < -0.3 is 24.8 Å². The number of halogens is 2. The molecule has 35 heavy (non-hydrogen) atoms. The van der Waals surface area contributed by atoms with E-state index in [1.165, 1.54) is 60.8 Å². The SMILES string of the molecule is CC(C)(C)c1ccc2c(c1)[CH]([Ti+2]([C]1=CC=CC1)=[C]1CCCCC1)c1cc(C(C)(C)C)ccc1-2.[Cl-].[Cl-]. The molecule has 0 aliphatic heterocycles. The Kier molecular flexibility index (Phi) is 8.86. The van der Waals surface area contributed by atoms with Crippen molar-refractivity contribution in [2.24, 2.45) is 0 Å². The molecule has 0 N–H and O–H groups in total. The average Bonchev–Trinajstić information content (AvgIpc) is 3.40. The van der Waals surface area contributed by atoms with Crippen molar-refractivity contribution in [1.29, 1.82) is 0 Å². The number of fused-ring (bicyclic) bond motifs is 3. The Labute approximate surface area is 231 Å². The summed E-state index contributed by atoms with van der Waals surface area (Å²) in [5.41, 5.74) is 9.63. The maximum atomic E-state index is 2.61. The molecule has 0 bridgehead atoms. The van der Waals surface area contributed by atoms with E-state index in [9.17, 15) is 0 Å². The molecule has 0 aromatic heterocycles. The quantitative estimate of drug-likeness (QED) is 0.512. The van der Waals surface area contributed by atoms with Crippen LogP contribution in [0.15, 0.2) is 58.5 Å². The van der Waals surface area contributed by atoms with Crippen molar-refractivity contribution < 1.29 is 42.2 Å². The first-order valence-electron chi connectivity index (χ1n) is 13.0. The zero-order valence-electron chi connectivity index (χ0n) is 22.3. The number of hydrogen-bond acceptors (Lipinski definition) is 0. The molecule has 2 aromatic rings. The monoisotopic (exact) mass is 542 g/mol. The maximum absolute atomic E-state index is 2.61. The molecule has 3 aliphatic rings. The van der Waals surface area contributed by atoms with Gasteiger partial charge in [0.15, 0.2) is 0 Å². The molecule has 0 nitrogen and oxygen atoms in total. The van der Waals surface area contributed by atoms with Crippen LogP contribution < -0.4 is 24.8 Å². The van der Waals surface area contributed by atoms with Gasteiger partial charge in [-0.15, -0.1) is 0 Å². The molecule has 0 amide bonds. The summed E-state index contributed by atoms with van der Waals surface area (Å²) in [6, 6.07) is 14.9. The number of allylic oxidation sites excluding steroid dienone is 4. The third kappa shape index (κ3) is 5.52. The van der Waals surface area contributed by atoms with Gasteiger partial charge >= 0.3 is 208 Å². The Bertz CT molecular complexity index is 1110. The van der Waals surface area contributed by atoms with E-state index in [2.05, 4.69) is 96.2 Å². The molecule has 0 heterocycles. The van der Waals surface area contributed by atoms with E-state index < -0.39 is 17.4 Å². The summed E-state index contributed by atoms with van der Waals surface area (Å²) in [5.74, 6) is 0. The van der Waals surface area contributed by atoms with Crippen LogP contribution in [0.3, 0.4) is 0 Å². The summed E-state index contributed by atoms with van der Waals surface area (Å²) in [4.78, 5) is 0. The summed E-state index contributed by atoms with van der Waals surface area (Å²) >= 11 is -1.70. The van der Waals surface area contributed by atoms with E-state index in [0.29, 0.717) is 4.22 Å². The largest absolute Gasteiger partial charge is 1.00 e. The van der Waals surface area contributed by atoms with Gasteiger partial charge in [0.25, 0.3) is 0 Å². The third-order valence-electron chi connectivity index (χ3n) is 7.99. The third-order valence-corrected chi connectivity index (χ3v) is 13.5. The van der Waals surface area contributed by atoms with Gasteiger partial charge in [-0.2, -0.15) is 0 Å². The van der Waals surface area contributed by atoms with Crippen molar-refractivity contribution in [1.82, 2.24) is 0 Å². The van der Waals surface area contributed by atoms with Gasteiger partial charge in [-0.25, -0.2) is 0 Å². The zero-order valence-corrected chi connectivity index (χ0v) is 25.3. The van der Waals surface area contributed by atoms with Crippen LogP contribution in [0.25, 0.3) is 11.1 Å². The van der Waals surface area contributed by atoms with Gasteiger partial charge in [0.05, 0.1) is 0 Å². The molecule has 186 valence electrons. The second-order valence-electron chi connectivity index (χ2n) is 12.4. The molecule has 1 saturated carbocycles. The van der Waals surface area contributed by atoms with Gasteiger partial charge in [-0.1, -0.05) is 0 Å². The molecule has 3 heteroatoms. The minimum absolute atomic E-state index is 0. The molecule has 0 unspecified atom stereocenters. The van der Waals surface area contributed by atoms with Gasteiger partial charge in [0, 0.05) is 0 Å². The van der Waals surface area contributed by atoms with Crippen LogP contribution in [0.5, 0.6) is 0 Å². The fourth-order valence-electron chi connectivity index (χ4n) is 6.02. The first-order valence-corrected chi connectivity index (χ1v) is 15.5. The van der Waals surface area contributed by atoms with Crippen molar-refractivity contribution in [3.8, 4) is 11.1 Å². The molecule has 0 spiro atoms. The van der Waals surface area contributed by atoms with E-state index in [1.807, 2.05) is 3.81 Å². The van der Waals surface area contributed by atoms with E-state index in [4.69, 9.17) is 0 Å². The topological polar surface area (TPSA) is 0 Å². The molecule has 5 rings (SSSR count). The van der Waals surface area contributed by atoms with Crippen LogP contribution in [0.2, 0.25) is 0 Å². The number of hydrogen-bond donors (Lipinski definition) is 0. The number of benzene rings is 2. The fraction of sp³-hybridized carbons (Fsp3) is 0.469. The van der Waals surface area contributed by atoms with E-state index in [-0.39, 0.29) is 35.6 Å². The van der Waals surface area contributed by atoms with Crippen LogP contribution in [-0.2, 0) is 28.2 Å². The van der Waals surface area contributed by atoms with Gasteiger partial charge in [-0.3, -0.25) is 0 Å². The molecule has 0 saturated heterocycles. The van der Waals surface area contributed by atoms with Gasteiger partial charge in [-0.05, 0) is 0 Å². The van der Waals surface area contributed by atoms with E-state index >= 15 is 0 Å². The van der Waals surface area contributed by atoms with Gasteiger partial charge in [0.2, 0.25) is 0 Å². The maximum Gasteiger partial charge on any atom is -1.00 e. The van der Waals surface area contributed by atoms with E-state index in [0.717, 1.165) is 0 Å². The zero-order chi connectivity index (χ0) is 23.4. The molecule has 0 atom stereocenters. The molecule has 1 fully saturated rings. The minimum atomic E-state index is -1.70. The normalized spacial score (nSPS) is 17.1. The van der Waals surface area contributed by atoms with Crippen LogP contribution in [0.1, 0.15) is 107 Å². The summed E-state index contributed by atoms with van der Waals surface area (Å²) in [5, 5.41) is 0. The molecule has 2 aromatic carbocycles. The first-order chi connectivity index (χ1) is 15.6. The molecule has 3 aliphatic carbocycles. The van der Waals surface area contributed by atoms with Crippen LogP contribution in [0.4, 0.5) is 0 Å². The van der Waals surface area contributed by atoms with Crippen molar-refractivity contribution >= 4 is 3.81 Å². The standard InChI is InChI=1S/C21H25.C6H10.C5H5.2ClH.Ti/c1-20(2,3)16-7-9-18-14(12-16)11-15-13-17(21(4,5)6)8-10-19(15)18;1-2-4-6-5-3-1;1-2-4-5-3-1;;;/h7-13H,1-6H3;1-5H2;1-3H,4H2;2*1H;/q;;;;;+2/p-2. The van der Waals surface area contributed by atoms with Gasteiger partial charge in [0.1, 0.15) is 0 Å². The Morgan fingerprint density at radius 1 is 0.714 bits per heavy atom. The van der Waals surface area contributed by atoms with E-state index in [1.54, 1.807) is 15.0 Å². The summed E-state index contributed by atoms with van der Waals surface area (Å²) in [6.45, 7) is 14.2. The average molecular weight is 543 g/mol.